The van der Waals surface area contributed by atoms with Gasteiger partial charge in [0.05, 0.1) is 5.69 Å². The Kier molecular flexibility index (Phi) is 3.32. The van der Waals surface area contributed by atoms with Crippen molar-refractivity contribution in [2.75, 3.05) is 5.32 Å². The van der Waals surface area contributed by atoms with Crippen LogP contribution in [0.5, 0.6) is 0 Å². The lowest BCUT2D eigenvalue weighted by Gasteiger charge is -2.08. The fraction of sp³-hybridized carbons (Fsp3) is 0. The number of nitrogens with zero attached hydrogens (tertiary/aromatic N) is 1. The van der Waals surface area contributed by atoms with E-state index in [1.807, 2.05) is 0 Å². The number of nitrogens with two attached hydrogens (primary N) is 1. The summed E-state index contributed by atoms with van der Waals surface area (Å²) in [7, 11) is -4.07. The van der Waals surface area contributed by atoms with Crippen molar-refractivity contribution in [3.63, 3.8) is 0 Å². The van der Waals surface area contributed by atoms with Crippen LogP contribution >= 0.6 is 0 Å². The Labute approximate surface area is 107 Å². The molecule has 0 radical (unpaired) electrons. The molecular weight excluding hydrogens is 275 g/mol. The van der Waals surface area contributed by atoms with Gasteiger partial charge in [-0.15, -0.1) is 0 Å². The van der Waals surface area contributed by atoms with Crippen molar-refractivity contribution in [1.82, 2.24) is 10.2 Å². The third-order valence-corrected chi connectivity index (χ3v) is 3.21. The van der Waals surface area contributed by atoms with Crippen LogP contribution in [0, 0.1) is 5.82 Å². The largest absolute Gasteiger partial charge is 0.319 e. The number of halogens is 1. The lowest BCUT2D eigenvalue weighted by molar-refractivity contribution is 0.102. The van der Waals surface area contributed by atoms with Gasteiger partial charge >= 0.3 is 0 Å². The van der Waals surface area contributed by atoms with Gasteiger partial charge in [0.15, 0.2) is 0 Å². The number of primary sulfonamides is 1. The van der Waals surface area contributed by atoms with Gasteiger partial charge in [-0.1, -0.05) is 0 Å². The van der Waals surface area contributed by atoms with E-state index in [0.29, 0.717) is 0 Å². The molecule has 9 heteroatoms. The van der Waals surface area contributed by atoms with Crippen LogP contribution in [0.4, 0.5) is 10.1 Å². The van der Waals surface area contributed by atoms with Gasteiger partial charge in [0.2, 0.25) is 10.0 Å². The number of anilines is 1. The summed E-state index contributed by atoms with van der Waals surface area (Å²) in [5.74, 6) is -1.36. The topological polar surface area (TPSA) is 118 Å². The van der Waals surface area contributed by atoms with Crippen LogP contribution in [0.1, 0.15) is 10.5 Å². The lowest BCUT2D eigenvalue weighted by atomic mass is 10.3. The predicted molar refractivity (Wildman–Crippen MR) is 64.3 cm³/mol. The third-order valence-electron chi connectivity index (χ3n) is 2.24. The highest BCUT2D eigenvalue weighted by atomic mass is 32.2. The quantitative estimate of drug-likeness (QED) is 0.758. The number of carbonyl (C=O) groups excluding carboxylic acids is 1. The summed E-state index contributed by atoms with van der Waals surface area (Å²) < 4.78 is 35.8. The Hall–Kier alpha value is -2.26. The Morgan fingerprint density at radius 3 is 2.68 bits per heavy atom. The van der Waals surface area contributed by atoms with E-state index in [1.165, 1.54) is 12.3 Å². The normalized spacial score (nSPS) is 11.3. The van der Waals surface area contributed by atoms with Crippen molar-refractivity contribution in [2.24, 2.45) is 5.14 Å². The number of rotatable bonds is 3. The first-order valence-corrected chi connectivity index (χ1v) is 6.55. The zero-order chi connectivity index (χ0) is 14.0. The molecule has 0 fully saturated rings. The molecular formula is C10H9FN4O3S. The number of H-pyrrole nitrogens is 1. The number of benzene rings is 1. The van der Waals surface area contributed by atoms with Crippen molar-refractivity contribution < 1.29 is 17.6 Å². The Balaban J connectivity index is 2.39. The van der Waals surface area contributed by atoms with Crippen LogP contribution < -0.4 is 10.5 Å². The number of aromatic nitrogens is 2. The number of hydrogen-bond donors (Lipinski definition) is 3. The minimum Gasteiger partial charge on any atom is -0.319 e. The van der Waals surface area contributed by atoms with Crippen molar-refractivity contribution in [2.45, 2.75) is 4.90 Å². The second-order valence-corrected chi connectivity index (χ2v) is 5.14. The molecule has 0 atom stereocenters. The smallest absolute Gasteiger partial charge is 0.273 e. The Bertz CT molecular complexity index is 712. The van der Waals surface area contributed by atoms with Gasteiger partial charge < -0.3 is 5.32 Å². The third kappa shape index (κ3) is 2.95. The molecule has 0 aliphatic heterocycles. The standard InChI is InChI=1S/C10H9FN4O3S/c11-6-1-2-9(19(12,17)18)8(5-6)14-10(16)7-3-4-13-15-7/h1-5H,(H,13,15)(H,14,16)(H2,12,17,18). The molecule has 0 aliphatic rings. The molecule has 7 nitrogen and oxygen atoms in total. The maximum absolute atomic E-state index is 13.1. The van der Waals surface area contributed by atoms with Crippen LogP contribution in [0.3, 0.4) is 0 Å². The Morgan fingerprint density at radius 1 is 1.37 bits per heavy atom. The van der Waals surface area contributed by atoms with Gasteiger partial charge in [0, 0.05) is 6.20 Å². The van der Waals surface area contributed by atoms with Gasteiger partial charge in [-0.05, 0) is 24.3 Å². The number of nitrogens with one attached hydrogen (secondary N) is 2. The molecule has 19 heavy (non-hydrogen) atoms. The monoisotopic (exact) mass is 284 g/mol. The molecule has 0 spiro atoms. The first-order valence-electron chi connectivity index (χ1n) is 5.01. The molecule has 0 saturated carbocycles. The van der Waals surface area contributed by atoms with Crippen molar-refractivity contribution in [1.29, 1.82) is 0 Å². The molecule has 2 aromatic rings. The van der Waals surface area contributed by atoms with Crippen LogP contribution in [0.15, 0.2) is 35.4 Å². The van der Waals surface area contributed by atoms with Crippen molar-refractivity contribution in [3.05, 3.63) is 42.0 Å². The number of sulfonamides is 1. The molecule has 1 heterocycles. The van der Waals surface area contributed by atoms with Crippen LogP contribution in [0.25, 0.3) is 0 Å². The first kappa shape index (κ1) is 13.2. The van der Waals surface area contributed by atoms with E-state index < -0.39 is 21.7 Å². The predicted octanol–water partition coefficient (Wildman–Crippen LogP) is 0.449. The summed E-state index contributed by atoms with van der Waals surface area (Å²) >= 11 is 0. The SMILES string of the molecule is NS(=O)(=O)c1ccc(F)cc1NC(=O)c1ccn[nH]1. The molecule has 0 unspecified atom stereocenters. The maximum Gasteiger partial charge on any atom is 0.273 e. The zero-order valence-electron chi connectivity index (χ0n) is 9.42. The van der Waals surface area contributed by atoms with E-state index in [4.69, 9.17) is 5.14 Å². The average Bonchev–Trinajstić information content (AvgIpc) is 2.80. The minimum absolute atomic E-state index is 0.102. The van der Waals surface area contributed by atoms with Gasteiger partial charge in [-0.25, -0.2) is 17.9 Å². The van der Waals surface area contributed by atoms with E-state index in [1.54, 1.807) is 0 Å². The van der Waals surface area contributed by atoms with E-state index >= 15 is 0 Å². The van der Waals surface area contributed by atoms with E-state index in [-0.39, 0.29) is 16.3 Å². The van der Waals surface area contributed by atoms with Crippen LogP contribution in [-0.2, 0) is 10.0 Å². The second kappa shape index (κ2) is 4.78. The molecule has 1 aromatic carbocycles. The molecule has 0 bridgehead atoms. The highest BCUT2D eigenvalue weighted by Gasteiger charge is 2.17. The van der Waals surface area contributed by atoms with Crippen LogP contribution in [0.2, 0.25) is 0 Å². The highest BCUT2D eigenvalue weighted by molar-refractivity contribution is 7.89. The van der Waals surface area contributed by atoms with Crippen LogP contribution in [-0.4, -0.2) is 24.5 Å². The molecule has 4 N–H and O–H groups in total. The highest BCUT2D eigenvalue weighted by Crippen LogP contribution is 2.21. The summed E-state index contributed by atoms with van der Waals surface area (Å²) in [6.07, 6.45) is 1.35. The van der Waals surface area contributed by atoms with Crippen molar-refractivity contribution >= 4 is 21.6 Å². The summed E-state index contributed by atoms with van der Waals surface area (Å²) in [5, 5.41) is 13.2. The van der Waals surface area contributed by atoms with E-state index in [2.05, 4.69) is 15.5 Å². The molecule has 0 aliphatic carbocycles. The van der Waals surface area contributed by atoms with Crippen molar-refractivity contribution in [3.8, 4) is 0 Å². The number of aromatic amines is 1. The Morgan fingerprint density at radius 2 is 2.11 bits per heavy atom. The van der Waals surface area contributed by atoms with Gasteiger partial charge in [0.1, 0.15) is 16.4 Å². The molecule has 1 aromatic heterocycles. The molecule has 2 rings (SSSR count). The summed E-state index contributed by atoms with van der Waals surface area (Å²) in [4.78, 5) is 11.4. The maximum atomic E-state index is 13.1. The number of carbonyl (C=O) groups is 1. The van der Waals surface area contributed by atoms with E-state index in [0.717, 1.165) is 18.2 Å². The van der Waals surface area contributed by atoms with Gasteiger partial charge in [0.25, 0.3) is 5.91 Å². The minimum atomic E-state index is -4.07. The average molecular weight is 284 g/mol. The summed E-state index contributed by atoms with van der Waals surface area (Å²) in [6.45, 7) is 0. The summed E-state index contributed by atoms with van der Waals surface area (Å²) in [5.41, 5.74) is -0.133. The number of amides is 1. The summed E-state index contributed by atoms with van der Waals surface area (Å²) in [6, 6.07) is 4.16. The van der Waals surface area contributed by atoms with E-state index in [9.17, 15) is 17.6 Å². The zero-order valence-corrected chi connectivity index (χ0v) is 10.2. The molecule has 100 valence electrons. The van der Waals surface area contributed by atoms with Gasteiger partial charge in [-0.2, -0.15) is 5.10 Å². The lowest BCUT2D eigenvalue weighted by Crippen LogP contribution is -2.19. The second-order valence-electron chi connectivity index (χ2n) is 3.61. The first-order chi connectivity index (χ1) is 8.88. The molecule has 1 amide bonds. The fourth-order valence-corrected chi connectivity index (χ4v) is 2.09. The van der Waals surface area contributed by atoms with Gasteiger partial charge in [-0.3, -0.25) is 9.89 Å². The molecule has 0 saturated heterocycles. The number of hydrogen-bond acceptors (Lipinski definition) is 4. The fourth-order valence-electron chi connectivity index (χ4n) is 1.42.